The molecule has 31 heavy (non-hydrogen) atoms. The number of ether oxygens (including phenoxy) is 2. The van der Waals surface area contributed by atoms with Gasteiger partial charge in [0.1, 0.15) is 17.3 Å². The van der Waals surface area contributed by atoms with Crippen molar-refractivity contribution in [3.63, 3.8) is 0 Å². The van der Waals surface area contributed by atoms with Crippen LogP contribution >= 0.6 is 0 Å². The van der Waals surface area contributed by atoms with Crippen LogP contribution in [-0.2, 0) is 4.74 Å². The first kappa shape index (κ1) is 20.8. The number of nitriles is 1. The summed E-state index contributed by atoms with van der Waals surface area (Å²) in [4.78, 5) is 16.1. The third-order valence-electron chi connectivity index (χ3n) is 5.61. The molecule has 0 aliphatic carbocycles. The summed E-state index contributed by atoms with van der Waals surface area (Å²) in [5, 5.41) is 13.7. The van der Waals surface area contributed by atoms with Gasteiger partial charge in [0.2, 0.25) is 5.88 Å². The Kier molecular flexibility index (Phi) is 5.87. The third-order valence-corrected chi connectivity index (χ3v) is 5.61. The van der Waals surface area contributed by atoms with Crippen molar-refractivity contribution in [1.82, 2.24) is 15.0 Å². The van der Waals surface area contributed by atoms with Gasteiger partial charge < -0.3 is 19.7 Å². The van der Waals surface area contributed by atoms with Crippen LogP contribution in [0.1, 0.15) is 35.5 Å². The van der Waals surface area contributed by atoms with Gasteiger partial charge in [-0.3, -0.25) is 0 Å². The molecule has 160 valence electrons. The number of pyridine rings is 1. The molecule has 8 heteroatoms. The molecule has 1 aliphatic rings. The first-order valence-electron chi connectivity index (χ1n) is 10.3. The maximum absolute atomic E-state index is 9.37. The quantitative estimate of drug-likeness (QED) is 0.672. The van der Waals surface area contributed by atoms with E-state index in [-0.39, 0.29) is 6.04 Å². The second-order valence-corrected chi connectivity index (χ2v) is 7.60. The number of rotatable bonds is 5. The SMILES string of the molecule is COc1nc2nc(C)nc(N[C@H](C)c3cccc(C#N)c3C)c2cc1N1CCOCC1. The van der Waals surface area contributed by atoms with Gasteiger partial charge in [0.15, 0.2) is 5.65 Å². The van der Waals surface area contributed by atoms with Crippen molar-refractivity contribution in [1.29, 1.82) is 5.26 Å². The normalized spacial score (nSPS) is 14.9. The number of nitrogens with zero attached hydrogens (tertiary/aromatic N) is 5. The predicted octanol–water partition coefficient (Wildman–Crippen LogP) is 3.53. The van der Waals surface area contributed by atoms with Gasteiger partial charge in [0, 0.05) is 13.1 Å². The van der Waals surface area contributed by atoms with Crippen molar-refractivity contribution in [2.45, 2.75) is 26.8 Å². The number of benzene rings is 1. The van der Waals surface area contributed by atoms with Crippen molar-refractivity contribution in [2.24, 2.45) is 0 Å². The number of anilines is 2. The summed E-state index contributed by atoms with van der Waals surface area (Å²) in [7, 11) is 1.62. The van der Waals surface area contributed by atoms with Crippen LogP contribution < -0.4 is 15.0 Å². The van der Waals surface area contributed by atoms with Crippen molar-refractivity contribution < 1.29 is 9.47 Å². The van der Waals surface area contributed by atoms with Crippen molar-refractivity contribution in [3.8, 4) is 11.9 Å². The molecule has 0 amide bonds. The Bertz CT molecular complexity index is 1150. The fraction of sp³-hybridized carbons (Fsp3) is 0.391. The number of aryl methyl sites for hydroxylation is 1. The van der Waals surface area contributed by atoms with E-state index < -0.39 is 0 Å². The summed E-state index contributed by atoms with van der Waals surface area (Å²) in [6.07, 6.45) is 0. The second-order valence-electron chi connectivity index (χ2n) is 7.60. The average molecular weight is 419 g/mol. The summed E-state index contributed by atoms with van der Waals surface area (Å²) in [6.45, 7) is 8.77. The minimum absolute atomic E-state index is 0.0558. The molecule has 1 N–H and O–H groups in total. The zero-order valence-electron chi connectivity index (χ0n) is 18.3. The first-order chi connectivity index (χ1) is 15.0. The lowest BCUT2D eigenvalue weighted by molar-refractivity contribution is 0.122. The van der Waals surface area contributed by atoms with Crippen LogP contribution in [0.5, 0.6) is 5.88 Å². The fourth-order valence-electron chi connectivity index (χ4n) is 3.95. The molecule has 4 rings (SSSR count). The highest BCUT2D eigenvalue weighted by molar-refractivity contribution is 5.90. The minimum atomic E-state index is -0.0558. The summed E-state index contributed by atoms with van der Waals surface area (Å²) in [5.74, 6) is 1.88. The molecule has 1 aliphatic heterocycles. The smallest absolute Gasteiger partial charge is 0.239 e. The first-order valence-corrected chi connectivity index (χ1v) is 10.3. The van der Waals surface area contributed by atoms with Gasteiger partial charge in [-0.05, 0) is 44.0 Å². The highest BCUT2D eigenvalue weighted by Gasteiger charge is 2.21. The van der Waals surface area contributed by atoms with Crippen LogP contribution in [0.2, 0.25) is 0 Å². The van der Waals surface area contributed by atoms with E-state index in [0.717, 1.165) is 35.3 Å². The Morgan fingerprint density at radius 3 is 2.68 bits per heavy atom. The van der Waals surface area contributed by atoms with Crippen molar-refractivity contribution >= 4 is 22.5 Å². The van der Waals surface area contributed by atoms with Gasteiger partial charge in [-0.2, -0.15) is 10.2 Å². The molecule has 0 radical (unpaired) electrons. The van der Waals surface area contributed by atoms with E-state index in [1.165, 1.54) is 0 Å². The number of methoxy groups -OCH3 is 1. The van der Waals surface area contributed by atoms with Crippen LogP contribution in [0.3, 0.4) is 0 Å². The van der Waals surface area contributed by atoms with Crippen LogP contribution in [0, 0.1) is 25.2 Å². The molecule has 1 atom stereocenters. The second kappa shape index (κ2) is 8.74. The van der Waals surface area contributed by atoms with Crippen LogP contribution in [0.15, 0.2) is 24.3 Å². The van der Waals surface area contributed by atoms with Gasteiger partial charge in [0.25, 0.3) is 0 Å². The number of nitrogens with one attached hydrogen (secondary N) is 1. The molecule has 8 nitrogen and oxygen atoms in total. The van der Waals surface area contributed by atoms with Gasteiger partial charge in [-0.25, -0.2) is 9.97 Å². The van der Waals surface area contributed by atoms with E-state index in [0.29, 0.717) is 41.9 Å². The van der Waals surface area contributed by atoms with Gasteiger partial charge >= 0.3 is 0 Å². The summed E-state index contributed by atoms with van der Waals surface area (Å²) in [5.41, 5.74) is 4.19. The lowest BCUT2D eigenvalue weighted by atomic mass is 9.98. The van der Waals surface area contributed by atoms with Gasteiger partial charge in [-0.1, -0.05) is 12.1 Å². The number of fused-ring (bicyclic) bond motifs is 1. The Morgan fingerprint density at radius 1 is 1.19 bits per heavy atom. The maximum Gasteiger partial charge on any atom is 0.239 e. The molecule has 1 fully saturated rings. The lowest BCUT2D eigenvalue weighted by Gasteiger charge is -2.29. The molecule has 0 bridgehead atoms. The van der Waals surface area contributed by atoms with Crippen LogP contribution in [0.25, 0.3) is 11.0 Å². The number of morpholine rings is 1. The molecular weight excluding hydrogens is 392 g/mol. The number of aromatic nitrogens is 3. The Balaban J connectivity index is 1.77. The monoisotopic (exact) mass is 418 g/mol. The Morgan fingerprint density at radius 2 is 1.97 bits per heavy atom. The molecule has 0 spiro atoms. The third kappa shape index (κ3) is 4.09. The molecule has 3 aromatic rings. The van der Waals surface area contributed by atoms with E-state index in [9.17, 15) is 5.26 Å². The molecule has 0 saturated carbocycles. The number of hydrogen-bond donors (Lipinski definition) is 1. The summed E-state index contributed by atoms with van der Waals surface area (Å²) < 4.78 is 11.1. The van der Waals surface area contributed by atoms with E-state index in [2.05, 4.69) is 38.2 Å². The predicted molar refractivity (Wildman–Crippen MR) is 120 cm³/mol. The van der Waals surface area contributed by atoms with Crippen LogP contribution in [-0.4, -0.2) is 48.4 Å². The molecule has 2 aromatic heterocycles. The molecule has 1 aromatic carbocycles. The van der Waals surface area contributed by atoms with Gasteiger partial charge in [-0.15, -0.1) is 0 Å². The largest absolute Gasteiger partial charge is 0.479 e. The standard InChI is InChI=1S/C23H26N6O2/c1-14-17(13-24)6-5-7-18(14)15(2)25-21-19-12-20(29-8-10-31-11-9-29)23(30-4)28-22(19)27-16(3)26-21/h5-7,12,15H,8-11H2,1-4H3,(H,25,26,27,28)/t15-/m1/s1. The van der Waals surface area contributed by atoms with E-state index >= 15 is 0 Å². The molecule has 1 saturated heterocycles. The summed E-state index contributed by atoms with van der Waals surface area (Å²) >= 11 is 0. The van der Waals surface area contributed by atoms with Gasteiger partial charge in [0.05, 0.1) is 43.4 Å². The Labute approximate surface area is 181 Å². The topological polar surface area (TPSA) is 96.2 Å². The summed E-state index contributed by atoms with van der Waals surface area (Å²) in [6, 6.07) is 10.0. The van der Waals surface area contributed by atoms with E-state index in [1.54, 1.807) is 7.11 Å². The average Bonchev–Trinajstić information content (AvgIpc) is 2.78. The fourth-order valence-corrected chi connectivity index (χ4v) is 3.95. The number of hydrogen-bond acceptors (Lipinski definition) is 8. The lowest BCUT2D eigenvalue weighted by Crippen LogP contribution is -2.36. The zero-order chi connectivity index (χ0) is 22.0. The zero-order valence-corrected chi connectivity index (χ0v) is 18.3. The van der Waals surface area contributed by atoms with Crippen molar-refractivity contribution in [2.75, 3.05) is 43.6 Å². The maximum atomic E-state index is 9.37. The Hall–Kier alpha value is -3.44. The highest BCUT2D eigenvalue weighted by atomic mass is 16.5. The van der Waals surface area contributed by atoms with Crippen LogP contribution in [0.4, 0.5) is 11.5 Å². The van der Waals surface area contributed by atoms with E-state index in [4.69, 9.17) is 9.47 Å². The molecule has 0 unspecified atom stereocenters. The minimum Gasteiger partial charge on any atom is -0.479 e. The molecular formula is C23H26N6O2. The van der Waals surface area contributed by atoms with E-state index in [1.807, 2.05) is 38.1 Å². The van der Waals surface area contributed by atoms with Crippen molar-refractivity contribution in [3.05, 3.63) is 46.8 Å². The molecule has 3 heterocycles. The highest BCUT2D eigenvalue weighted by Crippen LogP contribution is 2.34.